The summed E-state index contributed by atoms with van der Waals surface area (Å²) in [6, 6.07) is 11.8. The lowest BCUT2D eigenvalue weighted by Gasteiger charge is -2.12. The molecule has 1 N–H and O–H groups in total. The molecule has 0 aliphatic heterocycles. The second kappa shape index (κ2) is 5.75. The highest BCUT2D eigenvalue weighted by Gasteiger charge is 2.33. The Morgan fingerprint density at radius 1 is 1.10 bits per heavy atom. The fourth-order valence-electron chi connectivity index (χ4n) is 1.82. The van der Waals surface area contributed by atoms with Gasteiger partial charge in [-0.05, 0) is 30.3 Å². The average molecular weight is 292 g/mol. The molecule has 0 atom stereocenters. The summed E-state index contributed by atoms with van der Waals surface area (Å²) < 4.78 is 43.7. The number of nitrogens with zero attached hydrogens (tertiary/aromatic N) is 1. The molecular weight excluding hydrogens is 281 g/mol. The average Bonchev–Trinajstić information content (AvgIpc) is 2.46. The third kappa shape index (κ3) is 3.45. The zero-order valence-electron chi connectivity index (χ0n) is 11.0. The van der Waals surface area contributed by atoms with Crippen LogP contribution in [0.2, 0.25) is 0 Å². The molecule has 3 nitrogen and oxygen atoms in total. The number of hydrogen-bond donors (Lipinski definition) is 1. The van der Waals surface area contributed by atoms with E-state index in [1.165, 1.54) is 13.2 Å². The predicted molar refractivity (Wildman–Crippen MR) is 72.4 cm³/mol. The third-order valence-electron chi connectivity index (χ3n) is 2.80. The van der Waals surface area contributed by atoms with Gasteiger partial charge in [0.1, 0.15) is 5.75 Å². The lowest BCUT2D eigenvalue weighted by atomic mass is 10.1. The molecule has 0 bridgehead atoms. The van der Waals surface area contributed by atoms with Crippen molar-refractivity contribution in [3.05, 3.63) is 53.6 Å². The molecule has 0 amide bonds. The van der Waals surface area contributed by atoms with Gasteiger partial charge in [-0.15, -0.1) is 0 Å². The minimum absolute atomic E-state index is 0.245. The molecule has 0 aliphatic rings. The van der Waals surface area contributed by atoms with Crippen molar-refractivity contribution >= 4 is 11.4 Å². The monoisotopic (exact) mass is 292 g/mol. The highest BCUT2D eigenvalue weighted by atomic mass is 19.4. The van der Waals surface area contributed by atoms with E-state index < -0.39 is 17.3 Å². The topological polar surface area (TPSA) is 45.0 Å². The summed E-state index contributed by atoms with van der Waals surface area (Å²) in [7, 11) is 1.50. The van der Waals surface area contributed by atoms with E-state index in [4.69, 9.17) is 10.00 Å². The normalized spacial score (nSPS) is 10.8. The predicted octanol–water partition coefficient (Wildman–Crippen LogP) is 4.33. The Bertz CT molecular complexity index is 690. The fourth-order valence-corrected chi connectivity index (χ4v) is 1.82. The molecule has 0 radical (unpaired) electrons. The van der Waals surface area contributed by atoms with E-state index in [0.29, 0.717) is 11.4 Å². The molecule has 0 fully saturated rings. The van der Waals surface area contributed by atoms with Crippen LogP contribution in [-0.4, -0.2) is 7.11 Å². The maximum Gasteiger partial charge on any atom is 0.417 e. The van der Waals surface area contributed by atoms with Gasteiger partial charge >= 0.3 is 6.18 Å². The maximum atomic E-state index is 12.9. The molecule has 0 heterocycles. The van der Waals surface area contributed by atoms with Crippen molar-refractivity contribution in [2.45, 2.75) is 6.18 Å². The molecule has 0 aromatic heterocycles. The number of ether oxygens (including phenoxy) is 1. The van der Waals surface area contributed by atoms with Crippen LogP contribution in [0.15, 0.2) is 42.5 Å². The summed E-state index contributed by atoms with van der Waals surface area (Å²) >= 11 is 0. The first-order chi connectivity index (χ1) is 9.94. The van der Waals surface area contributed by atoms with Gasteiger partial charge in [-0.3, -0.25) is 0 Å². The van der Waals surface area contributed by atoms with Crippen LogP contribution in [0.25, 0.3) is 0 Å². The Kier molecular flexibility index (Phi) is 4.03. The second-order valence-electron chi connectivity index (χ2n) is 4.23. The molecule has 0 saturated carbocycles. The van der Waals surface area contributed by atoms with Crippen LogP contribution in [0.4, 0.5) is 24.5 Å². The van der Waals surface area contributed by atoms with E-state index in [1.54, 1.807) is 30.3 Å². The zero-order valence-corrected chi connectivity index (χ0v) is 11.0. The minimum atomic E-state index is -4.57. The SMILES string of the molecule is COc1cccc(Nc2ccc(C#N)c(C(F)(F)F)c2)c1. The fraction of sp³-hybridized carbons (Fsp3) is 0.133. The van der Waals surface area contributed by atoms with Gasteiger partial charge in [0.05, 0.1) is 24.3 Å². The maximum absolute atomic E-state index is 12.9. The molecule has 6 heteroatoms. The van der Waals surface area contributed by atoms with Crippen LogP contribution in [0.1, 0.15) is 11.1 Å². The molecular formula is C15H11F3N2O. The Hall–Kier alpha value is -2.68. The first kappa shape index (κ1) is 14.7. The van der Waals surface area contributed by atoms with Crippen molar-refractivity contribution < 1.29 is 17.9 Å². The van der Waals surface area contributed by atoms with Gasteiger partial charge in [0.2, 0.25) is 0 Å². The van der Waals surface area contributed by atoms with Gasteiger partial charge in [-0.2, -0.15) is 18.4 Å². The highest BCUT2D eigenvalue weighted by Crippen LogP contribution is 2.34. The number of anilines is 2. The highest BCUT2D eigenvalue weighted by molar-refractivity contribution is 5.63. The van der Waals surface area contributed by atoms with E-state index >= 15 is 0 Å². The number of hydrogen-bond acceptors (Lipinski definition) is 3. The second-order valence-corrected chi connectivity index (χ2v) is 4.23. The number of nitrogens with one attached hydrogen (secondary N) is 1. The summed E-state index contributed by atoms with van der Waals surface area (Å²) in [6.45, 7) is 0. The number of rotatable bonds is 3. The largest absolute Gasteiger partial charge is 0.497 e. The van der Waals surface area contributed by atoms with Crippen molar-refractivity contribution in [3.8, 4) is 11.8 Å². The van der Waals surface area contributed by atoms with Gasteiger partial charge in [0.25, 0.3) is 0 Å². The smallest absolute Gasteiger partial charge is 0.417 e. The first-order valence-corrected chi connectivity index (χ1v) is 5.96. The molecule has 0 saturated heterocycles. The summed E-state index contributed by atoms with van der Waals surface area (Å²) in [5, 5.41) is 11.6. The van der Waals surface area contributed by atoms with Crippen LogP contribution in [0, 0.1) is 11.3 Å². The lowest BCUT2D eigenvalue weighted by Crippen LogP contribution is -2.08. The molecule has 2 aromatic rings. The van der Waals surface area contributed by atoms with Crippen molar-refractivity contribution in [1.82, 2.24) is 0 Å². The molecule has 0 spiro atoms. The van der Waals surface area contributed by atoms with Gasteiger partial charge in [0, 0.05) is 17.4 Å². The van der Waals surface area contributed by atoms with Gasteiger partial charge in [0.15, 0.2) is 0 Å². The van der Waals surface area contributed by atoms with Crippen LogP contribution in [0.5, 0.6) is 5.75 Å². The summed E-state index contributed by atoms with van der Waals surface area (Å²) in [6.07, 6.45) is -4.57. The Morgan fingerprint density at radius 3 is 2.43 bits per heavy atom. The Labute approximate surface area is 119 Å². The number of benzene rings is 2. The lowest BCUT2D eigenvalue weighted by molar-refractivity contribution is -0.137. The van der Waals surface area contributed by atoms with Crippen LogP contribution >= 0.6 is 0 Å². The summed E-state index contributed by atoms with van der Waals surface area (Å²) in [4.78, 5) is 0. The number of methoxy groups -OCH3 is 1. The van der Waals surface area contributed by atoms with Crippen molar-refractivity contribution in [1.29, 1.82) is 5.26 Å². The molecule has 2 rings (SSSR count). The van der Waals surface area contributed by atoms with E-state index in [2.05, 4.69) is 5.32 Å². The molecule has 21 heavy (non-hydrogen) atoms. The first-order valence-electron chi connectivity index (χ1n) is 5.96. The van der Waals surface area contributed by atoms with E-state index in [-0.39, 0.29) is 5.69 Å². The molecule has 0 unspecified atom stereocenters. The number of nitriles is 1. The van der Waals surface area contributed by atoms with Crippen LogP contribution < -0.4 is 10.1 Å². The quantitative estimate of drug-likeness (QED) is 0.915. The van der Waals surface area contributed by atoms with Gasteiger partial charge in [-0.1, -0.05) is 6.07 Å². The zero-order chi connectivity index (χ0) is 15.5. The summed E-state index contributed by atoms with van der Waals surface area (Å²) in [5.41, 5.74) is -0.529. The van der Waals surface area contributed by atoms with Crippen LogP contribution in [0.3, 0.4) is 0 Å². The van der Waals surface area contributed by atoms with E-state index in [9.17, 15) is 13.2 Å². The van der Waals surface area contributed by atoms with Gasteiger partial charge < -0.3 is 10.1 Å². The Morgan fingerprint density at radius 2 is 1.81 bits per heavy atom. The molecule has 108 valence electrons. The van der Waals surface area contributed by atoms with Crippen molar-refractivity contribution in [2.75, 3.05) is 12.4 Å². The number of halogens is 3. The van der Waals surface area contributed by atoms with E-state index in [1.807, 2.05) is 0 Å². The van der Waals surface area contributed by atoms with E-state index in [0.717, 1.165) is 12.1 Å². The van der Waals surface area contributed by atoms with Crippen LogP contribution in [-0.2, 0) is 6.18 Å². The Balaban J connectivity index is 2.35. The molecule has 2 aromatic carbocycles. The molecule has 0 aliphatic carbocycles. The van der Waals surface area contributed by atoms with Gasteiger partial charge in [-0.25, -0.2) is 0 Å². The van der Waals surface area contributed by atoms with Crippen molar-refractivity contribution in [2.24, 2.45) is 0 Å². The van der Waals surface area contributed by atoms with Crippen molar-refractivity contribution in [3.63, 3.8) is 0 Å². The number of alkyl halides is 3. The third-order valence-corrected chi connectivity index (χ3v) is 2.80. The minimum Gasteiger partial charge on any atom is -0.497 e. The summed E-state index contributed by atoms with van der Waals surface area (Å²) in [5.74, 6) is 0.588. The standard InChI is InChI=1S/C15H11F3N2O/c1-21-13-4-2-3-11(7-13)20-12-6-5-10(9-19)14(8-12)15(16,17)18/h2-8,20H,1H3.